The Kier molecular flexibility index (Phi) is 2.96. The van der Waals surface area contributed by atoms with E-state index in [9.17, 15) is 0 Å². The smallest absolute Gasteiger partial charge is 0.0592 e. The normalized spacial score (nSPS) is 14.4. The van der Waals surface area contributed by atoms with Gasteiger partial charge >= 0.3 is 0 Å². The van der Waals surface area contributed by atoms with Gasteiger partial charge in [0.15, 0.2) is 0 Å². The molecular weight excluding hydrogens is 290 g/mol. The number of rotatable bonds is 1. The van der Waals surface area contributed by atoms with E-state index in [1.54, 1.807) is 0 Å². The van der Waals surface area contributed by atoms with E-state index in [1.807, 2.05) is 30.6 Å². The second-order valence-corrected chi connectivity index (χ2v) is 5.34. The summed E-state index contributed by atoms with van der Waals surface area (Å²) in [5.74, 6) is 0. The Morgan fingerprint density at radius 1 is 1.28 bits per heavy atom. The largest absolute Gasteiger partial charge is 0.398 e. The summed E-state index contributed by atoms with van der Waals surface area (Å²) >= 11 is 3.56. The lowest BCUT2D eigenvalue weighted by atomic mass is 9.98. The van der Waals surface area contributed by atoms with Crippen LogP contribution in [0, 0.1) is 0 Å². The van der Waals surface area contributed by atoms with Gasteiger partial charge in [-0.25, -0.2) is 0 Å². The zero-order chi connectivity index (χ0) is 12.5. The van der Waals surface area contributed by atoms with E-state index in [1.165, 1.54) is 16.8 Å². The van der Waals surface area contributed by atoms with Gasteiger partial charge < -0.3 is 10.6 Å². The van der Waals surface area contributed by atoms with E-state index < -0.39 is 0 Å². The van der Waals surface area contributed by atoms with Crippen molar-refractivity contribution in [3.05, 3.63) is 52.3 Å². The molecule has 3 rings (SSSR count). The zero-order valence-electron chi connectivity index (χ0n) is 9.94. The maximum absolute atomic E-state index is 6.02. The highest BCUT2D eigenvalue weighted by molar-refractivity contribution is 9.10. The van der Waals surface area contributed by atoms with Gasteiger partial charge in [-0.1, -0.05) is 12.1 Å². The second-order valence-electron chi connectivity index (χ2n) is 4.48. The van der Waals surface area contributed by atoms with E-state index in [2.05, 4.69) is 31.9 Å². The van der Waals surface area contributed by atoms with Gasteiger partial charge in [-0.15, -0.1) is 0 Å². The molecule has 92 valence electrons. The number of aromatic nitrogens is 1. The number of anilines is 2. The molecule has 3 nitrogen and oxygen atoms in total. The van der Waals surface area contributed by atoms with Gasteiger partial charge in [0, 0.05) is 31.2 Å². The Balaban J connectivity index is 1.94. The topological polar surface area (TPSA) is 42.1 Å². The number of hydrogen-bond acceptors (Lipinski definition) is 3. The first-order chi connectivity index (χ1) is 8.75. The third-order valence-electron chi connectivity index (χ3n) is 3.39. The fourth-order valence-corrected chi connectivity index (χ4v) is 2.97. The van der Waals surface area contributed by atoms with Crippen LogP contribution in [-0.2, 0) is 13.0 Å². The van der Waals surface area contributed by atoms with Crippen molar-refractivity contribution in [2.24, 2.45) is 0 Å². The van der Waals surface area contributed by atoms with Gasteiger partial charge in [0.2, 0.25) is 0 Å². The molecule has 0 saturated heterocycles. The number of pyridine rings is 1. The lowest BCUT2D eigenvalue weighted by Crippen LogP contribution is -2.31. The summed E-state index contributed by atoms with van der Waals surface area (Å²) in [5.41, 5.74) is 10.8. The number of nitrogens with two attached hydrogens (primary N) is 1. The molecule has 0 unspecified atom stereocenters. The Morgan fingerprint density at radius 2 is 2.17 bits per heavy atom. The summed E-state index contributed by atoms with van der Waals surface area (Å²) in [6.45, 7) is 1.90. The highest BCUT2D eigenvalue weighted by Gasteiger charge is 2.19. The summed E-state index contributed by atoms with van der Waals surface area (Å²) in [4.78, 5) is 6.46. The molecular formula is C14H14BrN3. The average Bonchev–Trinajstić information content (AvgIpc) is 2.39. The zero-order valence-corrected chi connectivity index (χ0v) is 11.5. The molecule has 1 aliphatic heterocycles. The molecule has 18 heavy (non-hydrogen) atoms. The van der Waals surface area contributed by atoms with Gasteiger partial charge in [-0.05, 0) is 45.6 Å². The van der Waals surface area contributed by atoms with Crippen LogP contribution in [0.3, 0.4) is 0 Å². The molecule has 0 radical (unpaired) electrons. The van der Waals surface area contributed by atoms with Gasteiger partial charge in [0.05, 0.1) is 10.2 Å². The van der Waals surface area contributed by atoms with Crippen molar-refractivity contribution in [1.29, 1.82) is 0 Å². The number of nitrogens with zero attached hydrogens (tertiary/aromatic N) is 2. The Hall–Kier alpha value is -1.55. The predicted molar refractivity (Wildman–Crippen MR) is 77.5 cm³/mol. The minimum absolute atomic E-state index is 0.906. The molecule has 4 heteroatoms. The molecule has 1 aromatic carbocycles. The monoisotopic (exact) mass is 303 g/mol. The third-order valence-corrected chi connectivity index (χ3v) is 4.00. The van der Waals surface area contributed by atoms with Crippen molar-refractivity contribution in [2.75, 3.05) is 17.2 Å². The van der Waals surface area contributed by atoms with Crippen LogP contribution in [0.25, 0.3) is 0 Å². The van der Waals surface area contributed by atoms with Gasteiger partial charge in [0.1, 0.15) is 0 Å². The van der Waals surface area contributed by atoms with Crippen LogP contribution in [0.4, 0.5) is 11.4 Å². The average molecular weight is 304 g/mol. The molecule has 0 atom stereocenters. The lowest BCUT2D eigenvalue weighted by molar-refractivity contribution is 0.731. The minimum Gasteiger partial charge on any atom is -0.398 e. The number of nitrogen functional groups attached to an aromatic ring is 1. The molecule has 1 aliphatic rings. The summed E-state index contributed by atoms with van der Waals surface area (Å²) in [7, 11) is 0. The van der Waals surface area contributed by atoms with Crippen LogP contribution in [0.15, 0.2) is 41.1 Å². The van der Waals surface area contributed by atoms with Crippen molar-refractivity contribution >= 4 is 27.3 Å². The van der Waals surface area contributed by atoms with Gasteiger partial charge in [0.25, 0.3) is 0 Å². The highest BCUT2D eigenvalue weighted by atomic mass is 79.9. The van der Waals surface area contributed by atoms with E-state index in [-0.39, 0.29) is 0 Å². The highest BCUT2D eigenvalue weighted by Crippen LogP contribution is 2.31. The number of fused-ring (bicyclic) bond motifs is 1. The van der Waals surface area contributed by atoms with Crippen LogP contribution < -0.4 is 10.6 Å². The van der Waals surface area contributed by atoms with Crippen LogP contribution in [0.1, 0.15) is 11.1 Å². The number of halogens is 1. The van der Waals surface area contributed by atoms with Crippen LogP contribution in [-0.4, -0.2) is 11.5 Å². The Bertz CT molecular complexity index is 583. The molecule has 0 spiro atoms. The number of hydrogen-bond donors (Lipinski definition) is 1. The SMILES string of the molecule is Nc1cccc2c1CCN(c1ccncc1Br)C2. The van der Waals surface area contributed by atoms with E-state index in [0.29, 0.717) is 0 Å². The molecule has 2 aromatic rings. The maximum Gasteiger partial charge on any atom is 0.0592 e. The van der Waals surface area contributed by atoms with E-state index in [0.717, 1.165) is 29.7 Å². The van der Waals surface area contributed by atoms with Crippen molar-refractivity contribution in [3.8, 4) is 0 Å². The summed E-state index contributed by atoms with van der Waals surface area (Å²) in [6, 6.07) is 8.21. The Morgan fingerprint density at radius 3 is 3.00 bits per heavy atom. The molecule has 0 amide bonds. The van der Waals surface area contributed by atoms with E-state index >= 15 is 0 Å². The minimum atomic E-state index is 0.906. The molecule has 0 fully saturated rings. The molecule has 0 aliphatic carbocycles. The van der Waals surface area contributed by atoms with Crippen LogP contribution in [0.2, 0.25) is 0 Å². The van der Waals surface area contributed by atoms with Crippen LogP contribution in [0.5, 0.6) is 0 Å². The Labute approximate surface area is 115 Å². The van der Waals surface area contributed by atoms with Crippen molar-refractivity contribution in [1.82, 2.24) is 4.98 Å². The summed E-state index contributed by atoms with van der Waals surface area (Å²) in [5, 5.41) is 0. The third kappa shape index (κ3) is 1.97. The fourth-order valence-electron chi connectivity index (χ4n) is 2.47. The van der Waals surface area contributed by atoms with Crippen molar-refractivity contribution < 1.29 is 0 Å². The van der Waals surface area contributed by atoms with Gasteiger partial charge in [-0.2, -0.15) is 0 Å². The fraction of sp³-hybridized carbons (Fsp3) is 0.214. The first-order valence-corrected chi connectivity index (χ1v) is 6.75. The quantitative estimate of drug-likeness (QED) is 0.824. The lowest BCUT2D eigenvalue weighted by Gasteiger charge is -2.31. The van der Waals surface area contributed by atoms with Gasteiger partial charge in [-0.3, -0.25) is 4.98 Å². The first-order valence-electron chi connectivity index (χ1n) is 5.96. The predicted octanol–water partition coefficient (Wildman–Crippen LogP) is 2.99. The molecule has 0 bridgehead atoms. The maximum atomic E-state index is 6.02. The van der Waals surface area contributed by atoms with Crippen molar-refractivity contribution in [3.63, 3.8) is 0 Å². The van der Waals surface area contributed by atoms with Crippen molar-refractivity contribution in [2.45, 2.75) is 13.0 Å². The summed E-state index contributed by atoms with van der Waals surface area (Å²) < 4.78 is 1.04. The van der Waals surface area contributed by atoms with Crippen LogP contribution >= 0.6 is 15.9 Å². The standard InChI is InChI=1S/C14H14BrN3/c15-12-8-17-6-4-14(12)18-7-5-11-10(9-18)2-1-3-13(11)16/h1-4,6,8H,5,7,9,16H2. The molecule has 1 aromatic heterocycles. The summed E-state index contributed by atoms with van der Waals surface area (Å²) in [6.07, 6.45) is 4.66. The number of benzene rings is 1. The molecule has 2 N–H and O–H groups in total. The first kappa shape index (κ1) is 11.5. The molecule has 0 saturated carbocycles. The second kappa shape index (κ2) is 4.61. The van der Waals surface area contributed by atoms with E-state index in [4.69, 9.17) is 5.73 Å². The molecule has 2 heterocycles.